The van der Waals surface area contributed by atoms with Gasteiger partial charge in [0.25, 0.3) is 0 Å². The largest absolute Gasteiger partial charge is 1.00 e. The van der Waals surface area contributed by atoms with Crippen LogP contribution in [-0.4, -0.2) is 0 Å². The number of hydrogen-bond donors (Lipinski definition) is 0. The first-order valence-electron chi connectivity index (χ1n) is 24.3. The maximum absolute atomic E-state index is 2.37. The molecule has 0 spiro atoms. The van der Waals surface area contributed by atoms with Crippen molar-refractivity contribution < 1.29 is 52.8 Å². The zero-order valence-electron chi connectivity index (χ0n) is 45.3. The third kappa shape index (κ3) is 32.9. The van der Waals surface area contributed by atoms with Crippen molar-refractivity contribution in [2.45, 2.75) is 217 Å². The maximum atomic E-state index is 2.37. The van der Waals surface area contributed by atoms with E-state index < -0.39 is 0 Å². The van der Waals surface area contributed by atoms with Gasteiger partial charge in [0.15, 0.2) is 0 Å². The molecule has 4 aromatic carbocycles. The third-order valence-electron chi connectivity index (χ3n) is 13.8. The van der Waals surface area contributed by atoms with Crippen molar-refractivity contribution >= 4 is 24.0 Å². The number of benzene rings is 4. The van der Waals surface area contributed by atoms with Gasteiger partial charge in [-0.2, -0.15) is 0 Å². The summed E-state index contributed by atoms with van der Waals surface area (Å²) < 4.78 is 0. The molecule has 0 saturated heterocycles. The Hall–Kier alpha value is -0.754. The van der Waals surface area contributed by atoms with Crippen molar-refractivity contribution in [1.82, 2.24) is 0 Å². The number of hydrogen-bond acceptors (Lipinski definition) is 0. The predicted molar refractivity (Wildman–Crippen MR) is 303 cm³/mol. The van der Waals surface area contributed by atoms with Crippen LogP contribution in [-0.2, 0) is 0 Å². The van der Waals surface area contributed by atoms with Crippen molar-refractivity contribution in [2.75, 3.05) is 0 Å². The molecule has 3 fully saturated rings. The Kier molecular flexibility index (Phi) is 42.7. The van der Waals surface area contributed by atoms with Gasteiger partial charge in [0.1, 0.15) is 0 Å². The van der Waals surface area contributed by atoms with Crippen LogP contribution >= 0.6 is 24.0 Å². The van der Waals surface area contributed by atoms with Crippen LogP contribution in [0.5, 0.6) is 0 Å². The first kappa shape index (κ1) is 69.8. The van der Waals surface area contributed by atoms with Crippen molar-refractivity contribution in [1.29, 1.82) is 0 Å². The summed E-state index contributed by atoms with van der Waals surface area (Å²) >= 11 is 0. The molecule has 362 valence electrons. The molecule has 3 saturated carbocycles. The molecule has 3 aliphatic carbocycles. The second kappa shape index (κ2) is 39.1. The Labute approximate surface area is 463 Å². The van der Waals surface area contributed by atoms with Crippen molar-refractivity contribution in [2.24, 2.45) is 35.5 Å². The van der Waals surface area contributed by atoms with Crippen molar-refractivity contribution in [3.8, 4) is 0 Å². The first-order chi connectivity index (χ1) is 28.2. The zero-order valence-corrected chi connectivity index (χ0v) is 49.7. The summed E-state index contributed by atoms with van der Waals surface area (Å²) in [6.45, 7) is 39.8. The van der Waals surface area contributed by atoms with E-state index in [1.807, 2.05) is 0 Å². The van der Waals surface area contributed by atoms with Gasteiger partial charge in [-0.1, -0.05) is 228 Å². The fourth-order valence-electron chi connectivity index (χ4n) is 7.79. The molecular weight excluding hydrogens is 911 g/mol. The standard InChI is InChI=1S/C10H14.2C9H12.3C8H16.C8H10.2CH4.HI.K.H/c1-7-5-6-8(2)10(4)9(7)3;2*1-7-4-5-8(2)9(3)6-7;4*1-7-3-5-8(2)6-4-7;;;;;/h5-6H,1-4H3;2*4-6H,1-3H3;3*7-8H,3-6H2,1-2H3;3-6H,1-2H3;2*1H4;1H;;/q;;;;;;;;;;+1;-1. The van der Waals surface area contributed by atoms with Crippen LogP contribution in [0.15, 0.2) is 72.8 Å². The summed E-state index contributed by atoms with van der Waals surface area (Å²) in [5.74, 6) is 6.12. The Morgan fingerprint density at radius 3 is 0.625 bits per heavy atom. The van der Waals surface area contributed by atoms with Crippen LogP contribution in [0.2, 0.25) is 0 Å². The average Bonchev–Trinajstić information content (AvgIpc) is 3.21. The second-order valence-electron chi connectivity index (χ2n) is 20.4. The number of rotatable bonds is 0. The van der Waals surface area contributed by atoms with E-state index in [9.17, 15) is 0 Å². The van der Waals surface area contributed by atoms with E-state index in [-0.39, 0.29) is 91.6 Å². The van der Waals surface area contributed by atoms with Crippen LogP contribution in [0.3, 0.4) is 0 Å². The molecule has 0 aliphatic heterocycles. The second-order valence-corrected chi connectivity index (χ2v) is 20.4. The minimum atomic E-state index is 0. The smallest absolute Gasteiger partial charge is 1.00 e. The zero-order chi connectivity index (χ0) is 45.4. The van der Waals surface area contributed by atoms with Gasteiger partial charge >= 0.3 is 51.4 Å². The molecule has 0 aromatic heterocycles. The predicted octanol–water partition coefficient (Wildman–Crippen LogP) is 18.0. The van der Waals surface area contributed by atoms with E-state index in [0.29, 0.717) is 0 Å². The van der Waals surface area contributed by atoms with E-state index in [1.165, 1.54) is 144 Å². The molecule has 0 N–H and O–H groups in total. The fourth-order valence-corrected chi connectivity index (χ4v) is 7.79. The van der Waals surface area contributed by atoms with Gasteiger partial charge in [-0.15, -0.1) is 24.0 Å². The van der Waals surface area contributed by atoms with Crippen LogP contribution in [0.4, 0.5) is 0 Å². The molecule has 3 aliphatic rings. The molecule has 0 amide bonds. The van der Waals surface area contributed by atoms with E-state index >= 15 is 0 Å². The molecule has 0 unspecified atom stereocenters. The Morgan fingerprint density at radius 2 is 0.453 bits per heavy atom. The molecule has 7 rings (SSSR count). The van der Waals surface area contributed by atoms with E-state index in [2.05, 4.69) is 197 Å². The molecule has 64 heavy (non-hydrogen) atoms. The van der Waals surface area contributed by atoms with Crippen LogP contribution in [0.25, 0.3) is 0 Å². The molecule has 2 heteroatoms. The van der Waals surface area contributed by atoms with E-state index in [1.54, 1.807) is 0 Å². The Bertz CT molecular complexity index is 1540. The van der Waals surface area contributed by atoms with Gasteiger partial charge in [-0.3, -0.25) is 0 Å². The maximum Gasteiger partial charge on any atom is 1.00 e. The minimum absolute atomic E-state index is 0. The summed E-state index contributed by atoms with van der Waals surface area (Å²) in [5, 5.41) is 0. The molecule has 0 nitrogen and oxygen atoms in total. The van der Waals surface area contributed by atoms with Crippen LogP contribution < -0.4 is 51.4 Å². The van der Waals surface area contributed by atoms with Gasteiger partial charge in [-0.25, -0.2) is 0 Å². The Morgan fingerprint density at radius 1 is 0.281 bits per heavy atom. The molecule has 0 atom stereocenters. The fraction of sp³-hybridized carbons (Fsp3) is 0.613. The third-order valence-corrected chi connectivity index (χ3v) is 13.8. The van der Waals surface area contributed by atoms with Gasteiger partial charge in [-0.05, 0) is 163 Å². The van der Waals surface area contributed by atoms with Crippen LogP contribution in [0, 0.1) is 119 Å². The molecule has 0 bridgehead atoms. The topological polar surface area (TPSA) is 0 Å². The number of halogens is 1. The summed E-state index contributed by atoms with van der Waals surface area (Å²) in [6.07, 6.45) is 17.7. The van der Waals surface area contributed by atoms with Gasteiger partial charge in [0, 0.05) is 0 Å². The number of aryl methyl sites for hydroxylation is 10. The van der Waals surface area contributed by atoms with Gasteiger partial charge in [0.2, 0.25) is 0 Å². The van der Waals surface area contributed by atoms with Gasteiger partial charge in [0.05, 0.1) is 0 Å². The Balaban J connectivity index is -0.000000213. The summed E-state index contributed by atoms with van der Waals surface area (Å²) in [7, 11) is 0. The molecule has 0 heterocycles. The van der Waals surface area contributed by atoms with E-state index in [4.69, 9.17) is 0 Å². The minimum Gasteiger partial charge on any atom is -1.00 e. The quantitative estimate of drug-likeness (QED) is 0.122. The SMILES string of the molecule is C.C.CC1CCC(C)CC1.CC1CCC(C)CC1.CC1CCC(C)CC1.Cc1ccc(C)c(C)c1.Cc1ccc(C)c(C)c1.Cc1ccc(C)c(C)c1C.Cc1ccc(C)cc1.I.[H-].[K+]. The normalized spacial score (nSPS) is 20.3. The van der Waals surface area contributed by atoms with Crippen molar-refractivity contribution in [3.63, 3.8) is 0 Å². The molecule has 4 aromatic rings. The molecule has 0 radical (unpaired) electrons. The summed E-state index contributed by atoms with van der Waals surface area (Å²) in [6, 6.07) is 25.8. The van der Waals surface area contributed by atoms with E-state index in [0.717, 1.165) is 35.5 Å². The first-order valence-corrected chi connectivity index (χ1v) is 24.3. The van der Waals surface area contributed by atoms with Gasteiger partial charge < -0.3 is 1.43 Å². The van der Waals surface area contributed by atoms with Crippen LogP contribution in [0.1, 0.15) is 202 Å². The molecular formula is C62H106IK. The van der Waals surface area contributed by atoms with Crippen molar-refractivity contribution in [3.05, 3.63) is 140 Å². The summed E-state index contributed by atoms with van der Waals surface area (Å²) in [5.41, 5.74) is 16.5. The summed E-state index contributed by atoms with van der Waals surface area (Å²) in [4.78, 5) is 0. The average molecular weight is 1020 g/mol. The monoisotopic (exact) mass is 1020 g/mol.